The van der Waals surface area contributed by atoms with Crippen molar-refractivity contribution < 1.29 is 24.2 Å². The SMILES string of the molecule is CCCCCCCCCCCCCCCCCCCCCCCCC(=O)OC(CCCCCCCCCCCC)CCCCCCCC(=O)NC(CCCN)C(=O)O. The van der Waals surface area contributed by atoms with Crippen LogP contribution in [0, 0.1) is 0 Å². The molecule has 0 fully saturated rings. The van der Waals surface area contributed by atoms with Gasteiger partial charge in [-0.2, -0.15) is 0 Å². The molecule has 7 heteroatoms. The van der Waals surface area contributed by atoms with E-state index in [9.17, 15) is 19.5 Å². The smallest absolute Gasteiger partial charge is 0.326 e. The number of nitrogens with two attached hydrogens (primary N) is 1. The highest BCUT2D eigenvalue weighted by atomic mass is 16.5. The van der Waals surface area contributed by atoms with Gasteiger partial charge in [0, 0.05) is 12.8 Å². The lowest BCUT2D eigenvalue weighted by atomic mass is 10.0. The Hall–Kier alpha value is -1.63. The molecule has 0 bridgehead atoms. The molecule has 0 aliphatic carbocycles. The van der Waals surface area contributed by atoms with Gasteiger partial charge in [-0.05, 0) is 57.9 Å². The molecule has 0 heterocycles. The van der Waals surface area contributed by atoms with Crippen LogP contribution in [0.5, 0.6) is 0 Å². The summed E-state index contributed by atoms with van der Waals surface area (Å²) in [5, 5.41) is 12.0. The van der Waals surface area contributed by atoms with E-state index in [0.29, 0.717) is 32.2 Å². The highest BCUT2D eigenvalue weighted by Gasteiger charge is 2.19. The van der Waals surface area contributed by atoms with E-state index in [4.69, 9.17) is 10.5 Å². The van der Waals surface area contributed by atoms with Gasteiger partial charge >= 0.3 is 11.9 Å². The van der Waals surface area contributed by atoms with Crippen molar-refractivity contribution in [3.8, 4) is 0 Å². The zero-order chi connectivity index (χ0) is 42.4. The zero-order valence-corrected chi connectivity index (χ0v) is 38.9. The first-order valence-electron chi connectivity index (χ1n) is 25.9. The Bertz CT molecular complexity index is 883. The summed E-state index contributed by atoms with van der Waals surface area (Å²) in [4.78, 5) is 36.5. The summed E-state index contributed by atoms with van der Waals surface area (Å²) in [6.45, 7) is 4.98. The summed E-state index contributed by atoms with van der Waals surface area (Å²) in [7, 11) is 0. The number of hydrogen-bond acceptors (Lipinski definition) is 5. The molecule has 0 aromatic carbocycles. The predicted octanol–water partition coefficient (Wildman–Crippen LogP) is 15.2. The van der Waals surface area contributed by atoms with E-state index >= 15 is 0 Å². The molecule has 2 atom stereocenters. The molecule has 0 spiro atoms. The van der Waals surface area contributed by atoms with Gasteiger partial charge in [0.2, 0.25) is 5.91 Å². The molecule has 344 valence electrons. The second kappa shape index (κ2) is 46.4. The molecule has 4 N–H and O–H groups in total. The lowest BCUT2D eigenvalue weighted by Gasteiger charge is -2.18. The topological polar surface area (TPSA) is 119 Å². The minimum atomic E-state index is -0.999. The molecule has 58 heavy (non-hydrogen) atoms. The normalized spacial score (nSPS) is 12.5. The third-order valence-corrected chi connectivity index (χ3v) is 12.2. The van der Waals surface area contributed by atoms with Crippen LogP contribution < -0.4 is 11.1 Å². The molecule has 0 aliphatic heterocycles. The van der Waals surface area contributed by atoms with Gasteiger partial charge in [-0.3, -0.25) is 9.59 Å². The van der Waals surface area contributed by atoms with Crippen LogP contribution in [0.4, 0.5) is 0 Å². The lowest BCUT2D eigenvalue weighted by Crippen LogP contribution is -2.40. The highest BCUT2D eigenvalue weighted by Crippen LogP contribution is 2.20. The number of hydrogen-bond donors (Lipinski definition) is 3. The second-order valence-corrected chi connectivity index (χ2v) is 18.0. The van der Waals surface area contributed by atoms with E-state index in [1.165, 1.54) is 186 Å². The summed E-state index contributed by atoms with van der Waals surface area (Å²) in [6, 6.07) is -0.852. The van der Waals surface area contributed by atoms with E-state index in [-0.39, 0.29) is 18.0 Å². The van der Waals surface area contributed by atoms with Gasteiger partial charge in [-0.1, -0.05) is 226 Å². The molecule has 0 aromatic rings. The first-order valence-corrected chi connectivity index (χ1v) is 25.9. The monoisotopic (exact) mass is 821 g/mol. The number of carboxylic acid groups (broad SMARTS) is 1. The van der Waals surface area contributed by atoms with Gasteiger partial charge in [0.15, 0.2) is 0 Å². The maximum Gasteiger partial charge on any atom is 0.326 e. The van der Waals surface area contributed by atoms with Crippen molar-refractivity contribution in [1.29, 1.82) is 0 Å². The van der Waals surface area contributed by atoms with E-state index in [0.717, 1.165) is 64.2 Å². The largest absolute Gasteiger partial charge is 0.480 e. The van der Waals surface area contributed by atoms with Crippen molar-refractivity contribution in [2.75, 3.05) is 6.54 Å². The molecular formula is C51H100N2O5. The third-order valence-electron chi connectivity index (χ3n) is 12.2. The van der Waals surface area contributed by atoms with Crippen molar-refractivity contribution in [3.63, 3.8) is 0 Å². The Balaban J connectivity index is 4.08. The number of amides is 1. The predicted molar refractivity (Wildman–Crippen MR) is 248 cm³/mol. The summed E-state index contributed by atoms with van der Waals surface area (Å²) < 4.78 is 6.08. The number of ether oxygens (including phenoxy) is 1. The Kier molecular flexibility index (Phi) is 45.1. The first kappa shape index (κ1) is 56.4. The number of nitrogens with one attached hydrogen (secondary N) is 1. The third kappa shape index (κ3) is 42.5. The number of carbonyl (C=O) groups is 3. The van der Waals surface area contributed by atoms with E-state index in [1.54, 1.807) is 0 Å². The Labute approximate surface area is 360 Å². The zero-order valence-electron chi connectivity index (χ0n) is 38.9. The standard InChI is InChI=1S/C51H100N2O5/c1-3-5-7-9-11-13-15-16-17-18-19-20-21-22-23-24-25-26-28-30-35-39-45-50(55)58-47(41-36-32-29-27-14-12-10-8-6-4-2)42-37-33-31-34-38-44-49(54)53-48(51(56)57)43-40-46-52/h47-48H,3-46,52H2,1-2H3,(H,53,54)(H,56,57). The summed E-state index contributed by atoms with van der Waals surface area (Å²) >= 11 is 0. The van der Waals surface area contributed by atoms with Crippen molar-refractivity contribution in [2.45, 2.75) is 302 Å². The molecule has 0 saturated heterocycles. The number of rotatable bonds is 48. The Morgan fingerprint density at radius 2 is 0.741 bits per heavy atom. The van der Waals surface area contributed by atoms with Crippen LogP contribution in [0.25, 0.3) is 0 Å². The van der Waals surface area contributed by atoms with Crippen LogP contribution in [-0.4, -0.2) is 41.6 Å². The molecule has 0 aromatic heterocycles. The molecule has 0 aliphatic rings. The van der Waals surface area contributed by atoms with Crippen molar-refractivity contribution in [1.82, 2.24) is 5.32 Å². The number of unbranched alkanes of at least 4 members (excludes halogenated alkanes) is 34. The average Bonchev–Trinajstić information content (AvgIpc) is 3.21. The van der Waals surface area contributed by atoms with Gasteiger partial charge in [0.1, 0.15) is 12.1 Å². The van der Waals surface area contributed by atoms with Crippen LogP contribution in [0.15, 0.2) is 0 Å². The second-order valence-electron chi connectivity index (χ2n) is 18.0. The number of carbonyl (C=O) groups excluding carboxylic acids is 2. The van der Waals surface area contributed by atoms with Crippen LogP contribution >= 0.6 is 0 Å². The lowest BCUT2D eigenvalue weighted by molar-refractivity contribution is -0.150. The molecule has 7 nitrogen and oxygen atoms in total. The Morgan fingerprint density at radius 1 is 0.431 bits per heavy atom. The molecular weight excluding hydrogens is 721 g/mol. The Morgan fingerprint density at radius 3 is 1.07 bits per heavy atom. The molecule has 1 amide bonds. The van der Waals surface area contributed by atoms with Crippen LogP contribution in [0.1, 0.15) is 290 Å². The number of esters is 1. The van der Waals surface area contributed by atoms with Gasteiger partial charge in [0.25, 0.3) is 0 Å². The van der Waals surface area contributed by atoms with Gasteiger partial charge in [-0.25, -0.2) is 4.79 Å². The molecule has 0 saturated carbocycles. The van der Waals surface area contributed by atoms with Gasteiger partial charge in [0.05, 0.1) is 0 Å². The van der Waals surface area contributed by atoms with E-state index < -0.39 is 12.0 Å². The van der Waals surface area contributed by atoms with Crippen LogP contribution in [0.2, 0.25) is 0 Å². The highest BCUT2D eigenvalue weighted by molar-refractivity contribution is 5.83. The van der Waals surface area contributed by atoms with Crippen molar-refractivity contribution in [3.05, 3.63) is 0 Å². The van der Waals surface area contributed by atoms with E-state index in [2.05, 4.69) is 19.2 Å². The van der Waals surface area contributed by atoms with E-state index in [1.807, 2.05) is 0 Å². The maximum atomic E-state index is 12.9. The fraction of sp³-hybridized carbons (Fsp3) is 0.941. The maximum absolute atomic E-state index is 12.9. The van der Waals surface area contributed by atoms with Crippen LogP contribution in [-0.2, 0) is 19.1 Å². The summed E-state index contributed by atoms with van der Waals surface area (Å²) in [5.74, 6) is -1.21. The summed E-state index contributed by atoms with van der Waals surface area (Å²) in [5.41, 5.74) is 5.50. The quantitative estimate of drug-likeness (QED) is 0.0415. The van der Waals surface area contributed by atoms with Crippen molar-refractivity contribution in [2.24, 2.45) is 5.73 Å². The van der Waals surface area contributed by atoms with Gasteiger partial charge < -0.3 is 20.9 Å². The molecule has 0 radical (unpaired) electrons. The van der Waals surface area contributed by atoms with Gasteiger partial charge in [-0.15, -0.1) is 0 Å². The number of aliphatic carboxylic acids is 1. The van der Waals surface area contributed by atoms with Crippen LogP contribution in [0.3, 0.4) is 0 Å². The summed E-state index contributed by atoms with van der Waals surface area (Å²) in [6.07, 6.45) is 51.7. The minimum absolute atomic E-state index is 0.0117. The fourth-order valence-corrected chi connectivity index (χ4v) is 8.28. The number of carboxylic acids is 1. The minimum Gasteiger partial charge on any atom is -0.480 e. The first-order chi connectivity index (χ1) is 28.4. The van der Waals surface area contributed by atoms with Crippen molar-refractivity contribution >= 4 is 17.8 Å². The fourth-order valence-electron chi connectivity index (χ4n) is 8.28. The molecule has 0 rings (SSSR count). The molecule has 2 unspecified atom stereocenters. The average molecular weight is 821 g/mol.